The Balaban J connectivity index is 1.74. The summed E-state index contributed by atoms with van der Waals surface area (Å²) in [6.07, 6.45) is 2.20. The topological polar surface area (TPSA) is 53.6 Å². The fraction of sp³-hybridized carbons (Fsp3) is 0.923. The Hall–Kier alpha value is -0.650. The zero-order chi connectivity index (χ0) is 13.0. The molecule has 2 aliphatic rings. The molecular formula is C13H25N3O2. The van der Waals surface area contributed by atoms with Crippen LogP contribution in [0.25, 0.3) is 0 Å². The maximum Gasteiger partial charge on any atom is 0.237 e. The van der Waals surface area contributed by atoms with Crippen LogP contribution in [-0.2, 0) is 9.53 Å². The number of nitrogens with zero attached hydrogens (tertiary/aromatic N) is 1. The molecule has 0 aromatic heterocycles. The molecule has 0 aromatic carbocycles. The SMILES string of the molecule is CC(C)N1CCOC(CNC2CCCNC2=O)C1. The van der Waals surface area contributed by atoms with E-state index in [-0.39, 0.29) is 18.1 Å². The first-order chi connectivity index (χ1) is 8.66. The van der Waals surface area contributed by atoms with E-state index in [1.54, 1.807) is 0 Å². The second kappa shape index (κ2) is 6.50. The molecule has 2 heterocycles. The molecule has 0 saturated carbocycles. The van der Waals surface area contributed by atoms with Gasteiger partial charge in [-0.2, -0.15) is 0 Å². The molecule has 0 aliphatic carbocycles. The van der Waals surface area contributed by atoms with E-state index in [0.717, 1.165) is 45.6 Å². The summed E-state index contributed by atoms with van der Waals surface area (Å²) in [7, 11) is 0. The average Bonchev–Trinajstić information content (AvgIpc) is 2.38. The van der Waals surface area contributed by atoms with Crippen molar-refractivity contribution in [1.82, 2.24) is 15.5 Å². The zero-order valence-corrected chi connectivity index (χ0v) is 11.4. The van der Waals surface area contributed by atoms with Gasteiger partial charge in [-0.1, -0.05) is 0 Å². The van der Waals surface area contributed by atoms with Crippen LogP contribution in [0.15, 0.2) is 0 Å². The molecule has 104 valence electrons. The third kappa shape index (κ3) is 3.67. The maximum absolute atomic E-state index is 11.6. The standard InChI is InChI=1S/C13H25N3O2/c1-10(2)16-6-7-18-11(9-16)8-15-12-4-3-5-14-13(12)17/h10-12,15H,3-9H2,1-2H3,(H,14,17). The minimum Gasteiger partial charge on any atom is -0.374 e. The molecule has 0 aromatic rings. The lowest BCUT2D eigenvalue weighted by Crippen LogP contribution is -2.54. The highest BCUT2D eigenvalue weighted by atomic mass is 16.5. The van der Waals surface area contributed by atoms with Crippen molar-refractivity contribution in [1.29, 1.82) is 0 Å². The van der Waals surface area contributed by atoms with Gasteiger partial charge in [-0.15, -0.1) is 0 Å². The van der Waals surface area contributed by atoms with Gasteiger partial charge in [-0.05, 0) is 26.7 Å². The zero-order valence-electron chi connectivity index (χ0n) is 11.4. The summed E-state index contributed by atoms with van der Waals surface area (Å²) in [4.78, 5) is 14.0. The van der Waals surface area contributed by atoms with E-state index in [2.05, 4.69) is 29.4 Å². The fourth-order valence-corrected chi connectivity index (χ4v) is 2.58. The molecule has 1 amide bonds. The lowest BCUT2D eigenvalue weighted by Gasteiger charge is -2.36. The second-order valence-electron chi connectivity index (χ2n) is 5.48. The van der Waals surface area contributed by atoms with Crippen LogP contribution in [0.1, 0.15) is 26.7 Å². The van der Waals surface area contributed by atoms with E-state index in [1.807, 2.05) is 0 Å². The minimum atomic E-state index is -0.0308. The van der Waals surface area contributed by atoms with Crippen molar-refractivity contribution >= 4 is 5.91 Å². The molecule has 2 rings (SSSR count). The van der Waals surface area contributed by atoms with Crippen molar-refractivity contribution in [3.8, 4) is 0 Å². The van der Waals surface area contributed by atoms with Gasteiger partial charge in [0.2, 0.25) is 5.91 Å². The summed E-state index contributed by atoms with van der Waals surface area (Å²) >= 11 is 0. The van der Waals surface area contributed by atoms with Crippen LogP contribution in [0, 0.1) is 0 Å². The van der Waals surface area contributed by atoms with Crippen LogP contribution in [0.5, 0.6) is 0 Å². The number of carbonyl (C=O) groups is 1. The molecule has 0 spiro atoms. The van der Waals surface area contributed by atoms with Gasteiger partial charge in [0.25, 0.3) is 0 Å². The first-order valence-electron chi connectivity index (χ1n) is 7.03. The number of hydrogen-bond donors (Lipinski definition) is 2. The largest absolute Gasteiger partial charge is 0.374 e. The number of amides is 1. The summed E-state index contributed by atoms with van der Waals surface area (Å²) in [5.41, 5.74) is 0. The smallest absolute Gasteiger partial charge is 0.237 e. The predicted molar refractivity (Wildman–Crippen MR) is 70.5 cm³/mol. The van der Waals surface area contributed by atoms with Crippen molar-refractivity contribution in [2.75, 3.05) is 32.8 Å². The highest BCUT2D eigenvalue weighted by molar-refractivity contribution is 5.82. The van der Waals surface area contributed by atoms with Crippen molar-refractivity contribution < 1.29 is 9.53 Å². The Kier molecular flexibility index (Phi) is 4.97. The molecule has 18 heavy (non-hydrogen) atoms. The Labute approximate surface area is 109 Å². The minimum absolute atomic E-state index is 0.0308. The van der Waals surface area contributed by atoms with E-state index >= 15 is 0 Å². The van der Waals surface area contributed by atoms with Crippen molar-refractivity contribution in [2.24, 2.45) is 0 Å². The lowest BCUT2D eigenvalue weighted by molar-refractivity contribution is -0.124. The number of morpholine rings is 1. The van der Waals surface area contributed by atoms with Gasteiger partial charge in [0.05, 0.1) is 18.8 Å². The second-order valence-corrected chi connectivity index (χ2v) is 5.48. The average molecular weight is 255 g/mol. The van der Waals surface area contributed by atoms with Gasteiger partial charge in [0, 0.05) is 32.2 Å². The molecule has 5 heteroatoms. The normalized spacial score (nSPS) is 30.5. The molecule has 2 unspecified atom stereocenters. The lowest BCUT2D eigenvalue weighted by atomic mass is 10.1. The van der Waals surface area contributed by atoms with Gasteiger partial charge in [0.15, 0.2) is 0 Å². The van der Waals surface area contributed by atoms with E-state index in [1.165, 1.54) is 0 Å². The van der Waals surface area contributed by atoms with Crippen LogP contribution >= 0.6 is 0 Å². The Morgan fingerprint density at radius 2 is 2.39 bits per heavy atom. The van der Waals surface area contributed by atoms with Crippen molar-refractivity contribution in [3.63, 3.8) is 0 Å². The van der Waals surface area contributed by atoms with Gasteiger partial charge >= 0.3 is 0 Å². The van der Waals surface area contributed by atoms with Crippen molar-refractivity contribution in [2.45, 2.75) is 44.9 Å². The maximum atomic E-state index is 11.6. The van der Waals surface area contributed by atoms with Gasteiger partial charge in [-0.3, -0.25) is 9.69 Å². The van der Waals surface area contributed by atoms with Crippen LogP contribution < -0.4 is 10.6 Å². The van der Waals surface area contributed by atoms with Crippen LogP contribution in [0.3, 0.4) is 0 Å². The quantitative estimate of drug-likeness (QED) is 0.740. The third-order valence-corrected chi connectivity index (χ3v) is 3.78. The van der Waals surface area contributed by atoms with Crippen LogP contribution in [0.2, 0.25) is 0 Å². The molecule has 2 N–H and O–H groups in total. The first kappa shape index (κ1) is 13.8. The van der Waals surface area contributed by atoms with Crippen molar-refractivity contribution in [3.05, 3.63) is 0 Å². The molecule has 2 saturated heterocycles. The van der Waals surface area contributed by atoms with Crippen LogP contribution in [-0.4, -0.2) is 61.8 Å². The molecule has 2 atom stereocenters. The van der Waals surface area contributed by atoms with Crippen LogP contribution in [0.4, 0.5) is 0 Å². The molecule has 2 aliphatic heterocycles. The number of carbonyl (C=O) groups excluding carboxylic acids is 1. The number of nitrogens with one attached hydrogen (secondary N) is 2. The molecule has 0 bridgehead atoms. The third-order valence-electron chi connectivity index (χ3n) is 3.78. The number of piperidine rings is 1. The molecule has 2 fully saturated rings. The summed E-state index contributed by atoms with van der Waals surface area (Å²) in [6.45, 7) is 8.77. The van der Waals surface area contributed by atoms with E-state index in [9.17, 15) is 4.79 Å². The monoisotopic (exact) mass is 255 g/mol. The highest BCUT2D eigenvalue weighted by Crippen LogP contribution is 2.09. The summed E-state index contributed by atoms with van der Waals surface area (Å²) in [5, 5.41) is 6.23. The molecule has 0 radical (unpaired) electrons. The summed E-state index contributed by atoms with van der Waals surface area (Å²) < 4.78 is 5.75. The summed E-state index contributed by atoms with van der Waals surface area (Å²) in [5.74, 6) is 0.137. The van der Waals surface area contributed by atoms with E-state index < -0.39 is 0 Å². The Morgan fingerprint density at radius 1 is 1.56 bits per heavy atom. The van der Waals surface area contributed by atoms with Gasteiger partial charge in [0.1, 0.15) is 0 Å². The number of ether oxygens (including phenoxy) is 1. The van der Waals surface area contributed by atoms with E-state index in [0.29, 0.717) is 6.04 Å². The number of rotatable bonds is 4. The predicted octanol–water partition coefficient (Wildman–Crippen LogP) is -0.0362. The van der Waals surface area contributed by atoms with E-state index in [4.69, 9.17) is 4.74 Å². The summed E-state index contributed by atoms with van der Waals surface area (Å²) in [6, 6.07) is 0.533. The Bertz CT molecular complexity index is 283. The molecule has 5 nitrogen and oxygen atoms in total. The highest BCUT2D eigenvalue weighted by Gasteiger charge is 2.25. The van der Waals surface area contributed by atoms with Gasteiger partial charge < -0.3 is 15.4 Å². The fourth-order valence-electron chi connectivity index (χ4n) is 2.58. The van der Waals surface area contributed by atoms with Gasteiger partial charge in [-0.25, -0.2) is 0 Å². The number of hydrogen-bond acceptors (Lipinski definition) is 4. The first-order valence-corrected chi connectivity index (χ1v) is 7.03. The molecular weight excluding hydrogens is 230 g/mol. The Morgan fingerprint density at radius 3 is 3.11 bits per heavy atom.